The Morgan fingerprint density at radius 1 is 1.18 bits per heavy atom. The van der Waals surface area contributed by atoms with Gasteiger partial charge in [0, 0.05) is 11.1 Å². The molecule has 1 N–H and O–H groups in total. The zero-order valence-electron chi connectivity index (χ0n) is 15.8. The highest BCUT2D eigenvalue weighted by atomic mass is 16.3. The summed E-state index contributed by atoms with van der Waals surface area (Å²) in [5.41, 5.74) is 2.76. The minimum absolute atomic E-state index is 0.131. The number of benzene rings is 2. The number of amides is 1. The highest BCUT2D eigenvalue weighted by molar-refractivity contribution is 6.01. The van der Waals surface area contributed by atoms with E-state index in [4.69, 9.17) is 4.42 Å². The van der Waals surface area contributed by atoms with E-state index in [1.165, 1.54) is 10.9 Å². The van der Waals surface area contributed by atoms with Crippen molar-refractivity contribution in [2.45, 2.75) is 32.7 Å². The summed E-state index contributed by atoms with van der Waals surface area (Å²) >= 11 is 0. The van der Waals surface area contributed by atoms with Crippen LogP contribution in [-0.4, -0.2) is 15.5 Å². The fourth-order valence-electron chi connectivity index (χ4n) is 3.33. The summed E-state index contributed by atoms with van der Waals surface area (Å²) in [6.07, 6.45) is 2.37. The average molecular weight is 375 g/mol. The number of hydrogen-bond donors (Lipinski definition) is 1. The summed E-state index contributed by atoms with van der Waals surface area (Å²) in [6.45, 7) is 4.10. The largest absolute Gasteiger partial charge is 0.448 e. The van der Waals surface area contributed by atoms with Crippen LogP contribution < -0.4 is 10.9 Å². The molecule has 0 bridgehead atoms. The minimum atomic E-state index is -0.369. The molecule has 28 heavy (non-hydrogen) atoms. The van der Waals surface area contributed by atoms with E-state index < -0.39 is 0 Å². The molecule has 1 amide bonds. The van der Waals surface area contributed by atoms with Crippen molar-refractivity contribution in [3.8, 4) is 0 Å². The first-order chi connectivity index (χ1) is 13.6. The van der Waals surface area contributed by atoms with Crippen LogP contribution in [0, 0.1) is 0 Å². The van der Waals surface area contributed by atoms with Crippen LogP contribution in [0.1, 0.15) is 31.7 Å². The van der Waals surface area contributed by atoms with Crippen molar-refractivity contribution in [2.24, 2.45) is 0 Å². The summed E-state index contributed by atoms with van der Waals surface area (Å²) in [4.78, 5) is 29.7. The van der Waals surface area contributed by atoms with Gasteiger partial charge in [-0.3, -0.25) is 14.2 Å². The van der Waals surface area contributed by atoms with Crippen LogP contribution in [0.15, 0.2) is 64.1 Å². The molecule has 1 unspecified atom stereocenters. The molecule has 2 heterocycles. The summed E-state index contributed by atoms with van der Waals surface area (Å²) in [5, 5.41) is 3.70. The molecule has 0 spiro atoms. The van der Waals surface area contributed by atoms with E-state index in [0.29, 0.717) is 17.0 Å². The van der Waals surface area contributed by atoms with Gasteiger partial charge in [0.2, 0.25) is 11.5 Å². The smallest absolute Gasteiger partial charge is 0.297 e. The van der Waals surface area contributed by atoms with Gasteiger partial charge in [0.1, 0.15) is 17.6 Å². The predicted octanol–water partition coefficient (Wildman–Crippen LogP) is 4.29. The molecule has 142 valence electrons. The fraction of sp³-hybridized carbons (Fsp3) is 0.227. The molecule has 0 aliphatic carbocycles. The molecule has 0 saturated carbocycles. The van der Waals surface area contributed by atoms with Gasteiger partial charge in [0.25, 0.3) is 5.56 Å². The van der Waals surface area contributed by atoms with Gasteiger partial charge < -0.3 is 9.73 Å². The molecule has 0 radical (unpaired) electrons. The van der Waals surface area contributed by atoms with Crippen LogP contribution in [0.25, 0.3) is 22.1 Å². The Morgan fingerprint density at radius 3 is 2.75 bits per heavy atom. The Hall–Kier alpha value is -3.41. The topological polar surface area (TPSA) is 77.1 Å². The molecule has 0 saturated heterocycles. The van der Waals surface area contributed by atoms with Gasteiger partial charge in [-0.25, -0.2) is 4.98 Å². The van der Waals surface area contributed by atoms with Crippen molar-refractivity contribution >= 4 is 33.7 Å². The highest BCUT2D eigenvalue weighted by Gasteiger charge is 2.16. The molecule has 6 nitrogen and oxygen atoms in total. The standard InChI is InChI=1S/C22H21N3O3/c1-3-14(2)15-8-4-6-10-17(15)24-19(26)12-25-13-23-20-16-9-5-7-11-18(16)28-21(20)22(25)27/h4-11,13-14H,3,12H2,1-2H3,(H,24,26). The Morgan fingerprint density at radius 2 is 1.93 bits per heavy atom. The summed E-state index contributed by atoms with van der Waals surface area (Å²) < 4.78 is 6.93. The number of anilines is 1. The number of hydrogen-bond acceptors (Lipinski definition) is 4. The Labute approximate surface area is 161 Å². The third-order valence-electron chi connectivity index (χ3n) is 5.04. The Bertz CT molecular complexity index is 1220. The number of rotatable bonds is 5. The van der Waals surface area contributed by atoms with Crippen LogP contribution in [-0.2, 0) is 11.3 Å². The van der Waals surface area contributed by atoms with E-state index in [2.05, 4.69) is 24.1 Å². The lowest BCUT2D eigenvalue weighted by Gasteiger charge is -2.15. The lowest BCUT2D eigenvalue weighted by molar-refractivity contribution is -0.116. The van der Waals surface area contributed by atoms with Gasteiger partial charge in [0.05, 0.1) is 6.33 Å². The molecular formula is C22H21N3O3. The number of fused-ring (bicyclic) bond motifs is 3. The van der Waals surface area contributed by atoms with Crippen molar-refractivity contribution < 1.29 is 9.21 Å². The summed E-state index contributed by atoms with van der Waals surface area (Å²) in [7, 11) is 0. The van der Waals surface area contributed by atoms with Crippen molar-refractivity contribution in [2.75, 3.05) is 5.32 Å². The van der Waals surface area contributed by atoms with E-state index in [1.807, 2.05) is 42.5 Å². The number of furan rings is 1. The molecule has 2 aromatic carbocycles. The Balaban J connectivity index is 1.62. The highest BCUT2D eigenvalue weighted by Crippen LogP contribution is 2.27. The number of carbonyl (C=O) groups excluding carboxylic acids is 1. The zero-order chi connectivity index (χ0) is 19.7. The predicted molar refractivity (Wildman–Crippen MR) is 110 cm³/mol. The van der Waals surface area contributed by atoms with Gasteiger partial charge in [0.15, 0.2) is 0 Å². The maximum atomic E-state index is 12.8. The van der Waals surface area contributed by atoms with Gasteiger partial charge in [-0.15, -0.1) is 0 Å². The number of para-hydroxylation sites is 2. The molecule has 0 aliphatic rings. The maximum Gasteiger partial charge on any atom is 0.297 e. The maximum absolute atomic E-state index is 12.8. The average Bonchev–Trinajstić information content (AvgIpc) is 3.09. The van der Waals surface area contributed by atoms with Crippen LogP contribution in [0.3, 0.4) is 0 Å². The monoisotopic (exact) mass is 375 g/mol. The van der Waals surface area contributed by atoms with E-state index in [9.17, 15) is 9.59 Å². The first kappa shape index (κ1) is 18.0. The third-order valence-corrected chi connectivity index (χ3v) is 5.04. The number of nitrogens with zero attached hydrogens (tertiary/aromatic N) is 2. The van der Waals surface area contributed by atoms with E-state index >= 15 is 0 Å². The Kier molecular flexibility index (Phi) is 4.69. The molecule has 2 aromatic heterocycles. The van der Waals surface area contributed by atoms with Crippen molar-refractivity contribution in [1.29, 1.82) is 0 Å². The van der Waals surface area contributed by atoms with Crippen molar-refractivity contribution in [3.63, 3.8) is 0 Å². The SMILES string of the molecule is CCC(C)c1ccccc1NC(=O)Cn1cnc2c(oc3ccccc32)c1=O. The van der Waals surface area contributed by atoms with Gasteiger partial charge in [-0.2, -0.15) is 0 Å². The normalized spacial score (nSPS) is 12.4. The molecule has 4 aromatic rings. The fourth-order valence-corrected chi connectivity index (χ4v) is 3.33. The molecule has 4 rings (SSSR count). The second-order valence-corrected chi connectivity index (χ2v) is 6.90. The number of carbonyl (C=O) groups is 1. The second kappa shape index (κ2) is 7.31. The van der Waals surface area contributed by atoms with Crippen LogP contribution in [0.4, 0.5) is 5.69 Å². The zero-order valence-corrected chi connectivity index (χ0v) is 15.8. The van der Waals surface area contributed by atoms with Gasteiger partial charge >= 0.3 is 0 Å². The quantitative estimate of drug-likeness (QED) is 0.564. The molecule has 0 aliphatic heterocycles. The first-order valence-corrected chi connectivity index (χ1v) is 9.34. The van der Waals surface area contributed by atoms with E-state index in [0.717, 1.165) is 23.1 Å². The van der Waals surface area contributed by atoms with Crippen LogP contribution in [0.5, 0.6) is 0 Å². The lowest BCUT2D eigenvalue weighted by atomic mass is 9.97. The molecule has 1 atom stereocenters. The lowest BCUT2D eigenvalue weighted by Crippen LogP contribution is -2.28. The third kappa shape index (κ3) is 3.17. The van der Waals surface area contributed by atoms with Crippen LogP contribution >= 0.6 is 0 Å². The van der Waals surface area contributed by atoms with Gasteiger partial charge in [-0.05, 0) is 36.1 Å². The summed E-state index contributed by atoms with van der Waals surface area (Å²) in [6, 6.07) is 15.1. The first-order valence-electron chi connectivity index (χ1n) is 9.34. The van der Waals surface area contributed by atoms with E-state index in [-0.39, 0.29) is 23.6 Å². The minimum Gasteiger partial charge on any atom is -0.448 e. The van der Waals surface area contributed by atoms with Crippen molar-refractivity contribution in [3.05, 3.63) is 70.8 Å². The van der Waals surface area contributed by atoms with Crippen molar-refractivity contribution in [1.82, 2.24) is 9.55 Å². The molecule has 0 fully saturated rings. The molecular weight excluding hydrogens is 354 g/mol. The van der Waals surface area contributed by atoms with Gasteiger partial charge in [-0.1, -0.05) is 44.2 Å². The number of aromatic nitrogens is 2. The van der Waals surface area contributed by atoms with Crippen LogP contribution in [0.2, 0.25) is 0 Å². The number of nitrogens with one attached hydrogen (secondary N) is 1. The summed E-state index contributed by atoms with van der Waals surface area (Å²) in [5.74, 6) is 0.0444. The second-order valence-electron chi connectivity index (χ2n) is 6.90. The molecule has 6 heteroatoms. The van der Waals surface area contributed by atoms with E-state index in [1.54, 1.807) is 6.07 Å².